The number of halogens is 2. The van der Waals surface area contributed by atoms with Gasteiger partial charge in [-0.3, -0.25) is 9.59 Å². The van der Waals surface area contributed by atoms with E-state index in [-0.39, 0.29) is 39.5 Å². The Kier molecular flexibility index (Phi) is 9.23. The number of hydrogen-bond donors (Lipinski definition) is 5. The van der Waals surface area contributed by atoms with Gasteiger partial charge in [-0.25, -0.2) is 14.6 Å². The van der Waals surface area contributed by atoms with Gasteiger partial charge >= 0.3 is 11.9 Å². The molecule has 2 heterocycles. The van der Waals surface area contributed by atoms with Crippen LogP contribution >= 0.6 is 23.2 Å². The lowest BCUT2D eigenvalue weighted by Gasteiger charge is -2.25. The van der Waals surface area contributed by atoms with Gasteiger partial charge in [0.05, 0.1) is 21.2 Å². The van der Waals surface area contributed by atoms with E-state index in [1.54, 1.807) is 30.5 Å². The van der Waals surface area contributed by atoms with Crippen molar-refractivity contribution in [3.05, 3.63) is 87.0 Å². The minimum atomic E-state index is -1.32. The molecule has 0 aliphatic carbocycles. The van der Waals surface area contributed by atoms with Gasteiger partial charge in [0.25, 0.3) is 5.91 Å². The number of pyridine rings is 1. The van der Waals surface area contributed by atoms with Crippen LogP contribution in [-0.4, -0.2) is 51.0 Å². The van der Waals surface area contributed by atoms with Crippen LogP contribution in [0.25, 0.3) is 0 Å². The summed E-state index contributed by atoms with van der Waals surface area (Å²) in [4.78, 5) is 52.6. The number of rotatable bonds is 10. The molecule has 0 bridgehead atoms. The number of carboxylic acid groups (broad SMARTS) is 2. The maximum absolute atomic E-state index is 12.7. The zero-order valence-corrected chi connectivity index (χ0v) is 22.6. The molecule has 2 amide bonds. The van der Waals surface area contributed by atoms with Crippen LogP contribution in [0.1, 0.15) is 51.1 Å². The Labute approximate surface area is 239 Å². The molecule has 1 aromatic heterocycles. The lowest BCUT2D eigenvalue weighted by atomic mass is 9.97. The molecule has 10 nitrogen and oxygen atoms in total. The first-order valence-corrected chi connectivity index (χ1v) is 13.2. The fourth-order valence-electron chi connectivity index (χ4n) is 4.41. The predicted octanol–water partition coefficient (Wildman–Crippen LogP) is 4.66. The van der Waals surface area contributed by atoms with Crippen molar-refractivity contribution in [1.29, 1.82) is 0 Å². The van der Waals surface area contributed by atoms with Gasteiger partial charge in [-0.1, -0.05) is 41.4 Å². The number of aliphatic carboxylic acids is 1. The Morgan fingerprint density at radius 3 is 2.40 bits per heavy atom. The summed E-state index contributed by atoms with van der Waals surface area (Å²) >= 11 is 12.1. The zero-order chi connectivity index (χ0) is 28.8. The van der Waals surface area contributed by atoms with Gasteiger partial charge in [0.2, 0.25) is 5.91 Å². The van der Waals surface area contributed by atoms with Gasteiger partial charge in [0.15, 0.2) is 0 Å². The second-order valence-electron chi connectivity index (χ2n) is 9.36. The van der Waals surface area contributed by atoms with E-state index in [1.165, 1.54) is 5.56 Å². The second kappa shape index (κ2) is 12.8. The first-order valence-electron chi connectivity index (χ1n) is 12.5. The van der Waals surface area contributed by atoms with E-state index in [1.807, 2.05) is 12.1 Å². The highest BCUT2D eigenvalue weighted by Gasteiger charge is 2.25. The van der Waals surface area contributed by atoms with Crippen molar-refractivity contribution in [1.82, 2.24) is 10.3 Å². The number of amides is 2. The summed E-state index contributed by atoms with van der Waals surface area (Å²) < 4.78 is 0. The normalized spacial score (nSPS) is 14.8. The average Bonchev–Trinajstić information content (AvgIpc) is 2.92. The van der Waals surface area contributed by atoms with Crippen molar-refractivity contribution in [3.63, 3.8) is 0 Å². The van der Waals surface area contributed by atoms with Crippen LogP contribution in [0.5, 0.6) is 0 Å². The number of anilines is 2. The van der Waals surface area contributed by atoms with Gasteiger partial charge in [0, 0.05) is 30.8 Å². The highest BCUT2D eigenvalue weighted by Crippen LogP contribution is 2.27. The first kappa shape index (κ1) is 28.8. The fraction of sp³-hybridized carbons (Fsp3) is 0.250. The molecular weight excluding hydrogens is 559 g/mol. The largest absolute Gasteiger partial charge is 0.480 e. The Morgan fingerprint density at radius 1 is 1.05 bits per heavy atom. The molecule has 0 saturated carbocycles. The molecule has 40 heavy (non-hydrogen) atoms. The summed E-state index contributed by atoms with van der Waals surface area (Å²) in [6, 6.07) is 11.6. The summed E-state index contributed by atoms with van der Waals surface area (Å²) in [6.07, 6.45) is 4.51. The van der Waals surface area contributed by atoms with Crippen molar-refractivity contribution < 1.29 is 29.4 Å². The van der Waals surface area contributed by atoms with Crippen molar-refractivity contribution in [2.24, 2.45) is 0 Å². The third kappa shape index (κ3) is 7.28. The van der Waals surface area contributed by atoms with Crippen LogP contribution in [0.4, 0.5) is 11.5 Å². The number of nitrogens with zero attached hydrogens (tertiary/aromatic N) is 1. The van der Waals surface area contributed by atoms with E-state index >= 15 is 0 Å². The smallest absolute Gasteiger partial charge is 0.335 e. The Hall–Kier alpha value is -4.15. The number of carbonyl (C=O) groups excluding carboxylic acids is 2. The summed E-state index contributed by atoms with van der Waals surface area (Å²) in [6.45, 7) is 0. The third-order valence-corrected chi connectivity index (χ3v) is 7.11. The van der Waals surface area contributed by atoms with E-state index in [9.17, 15) is 24.3 Å². The lowest BCUT2D eigenvalue weighted by molar-refractivity contribution is -0.139. The molecule has 0 radical (unpaired) electrons. The van der Waals surface area contributed by atoms with E-state index in [4.69, 9.17) is 28.3 Å². The molecule has 0 saturated heterocycles. The van der Waals surface area contributed by atoms with Gasteiger partial charge < -0.3 is 26.2 Å². The summed E-state index contributed by atoms with van der Waals surface area (Å²) in [5, 5.41) is 26.9. The van der Waals surface area contributed by atoms with Gasteiger partial charge in [-0.2, -0.15) is 0 Å². The van der Waals surface area contributed by atoms with E-state index in [0.29, 0.717) is 24.1 Å². The van der Waals surface area contributed by atoms with Crippen molar-refractivity contribution in [2.45, 2.75) is 44.2 Å². The quantitative estimate of drug-likeness (QED) is 0.230. The number of fused-ring (bicyclic) bond motifs is 1. The molecule has 1 aliphatic heterocycles. The number of aryl methyl sites for hydroxylation is 1. The molecule has 2 aromatic carbocycles. The average molecular weight is 585 g/mol. The van der Waals surface area contributed by atoms with E-state index in [2.05, 4.69) is 20.9 Å². The number of hydrogen-bond acceptors (Lipinski definition) is 6. The van der Waals surface area contributed by atoms with Gasteiger partial charge in [-0.15, -0.1) is 0 Å². The van der Waals surface area contributed by atoms with Crippen molar-refractivity contribution in [3.8, 4) is 0 Å². The third-order valence-electron chi connectivity index (χ3n) is 6.51. The van der Waals surface area contributed by atoms with Gasteiger partial charge in [-0.05, 0) is 60.7 Å². The molecule has 5 N–H and O–H groups in total. The zero-order valence-electron chi connectivity index (χ0n) is 21.1. The number of carboxylic acids is 2. The van der Waals surface area contributed by atoms with Gasteiger partial charge in [0.1, 0.15) is 11.9 Å². The monoisotopic (exact) mass is 584 g/mol. The van der Waals surface area contributed by atoms with Crippen LogP contribution in [0, 0.1) is 0 Å². The number of carbonyl (C=O) groups is 4. The molecule has 1 aliphatic rings. The molecule has 4 rings (SSSR count). The Morgan fingerprint density at radius 2 is 1.75 bits per heavy atom. The summed E-state index contributed by atoms with van der Waals surface area (Å²) in [5.41, 5.74) is 1.91. The maximum Gasteiger partial charge on any atom is 0.335 e. The number of benzene rings is 2. The topological polar surface area (TPSA) is 158 Å². The molecule has 0 spiro atoms. The minimum absolute atomic E-state index is 0.0550. The number of nitrogens with one attached hydrogen (secondary N) is 3. The van der Waals surface area contributed by atoms with Crippen LogP contribution < -0.4 is 16.0 Å². The lowest BCUT2D eigenvalue weighted by Crippen LogP contribution is -2.42. The first-order chi connectivity index (χ1) is 19.1. The summed E-state index contributed by atoms with van der Waals surface area (Å²) in [7, 11) is 0. The molecule has 2 atom stereocenters. The summed E-state index contributed by atoms with van der Waals surface area (Å²) in [5.74, 6) is -2.68. The molecule has 0 fully saturated rings. The highest BCUT2D eigenvalue weighted by molar-refractivity contribution is 6.40. The molecule has 12 heteroatoms. The fourth-order valence-corrected chi connectivity index (χ4v) is 5.07. The van der Waals surface area contributed by atoms with Crippen LogP contribution in [-0.2, 0) is 22.4 Å². The molecule has 3 aromatic rings. The van der Waals surface area contributed by atoms with Crippen molar-refractivity contribution in [2.75, 3.05) is 10.6 Å². The Balaban J connectivity index is 1.30. The molecule has 208 valence electrons. The number of aromatic carboxylic acids is 1. The van der Waals surface area contributed by atoms with Crippen LogP contribution in [0.3, 0.4) is 0 Å². The van der Waals surface area contributed by atoms with Crippen LogP contribution in [0.15, 0.2) is 54.7 Å². The second-order valence-corrected chi connectivity index (χ2v) is 10.2. The van der Waals surface area contributed by atoms with E-state index in [0.717, 1.165) is 30.8 Å². The maximum atomic E-state index is 12.7. The standard InChI is InChI=1S/C28H26Cl2N4O6/c29-20-13-17(27(37)38)14-21(30)24(20)26(36)34-22(28(39)40)12-15-3-6-18(7-4-15)32-23(35)10-9-19-8-5-16-2-1-11-31-25(16)33-19/h1-4,6-7,11,13-14,19,22H,5,8-10,12H2,(H,31,33)(H,32,35)(H,34,36)(H,37,38)(H,39,40)/t19?,22-/m0/s1. The van der Waals surface area contributed by atoms with E-state index < -0.39 is 23.9 Å². The Bertz CT molecular complexity index is 1420. The highest BCUT2D eigenvalue weighted by atomic mass is 35.5. The molecular formula is C28H26Cl2N4O6. The number of aromatic nitrogens is 1. The van der Waals surface area contributed by atoms with Crippen LogP contribution in [0.2, 0.25) is 10.0 Å². The SMILES string of the molecule is O=C(CCC1CCc2cccnc2N1)Nc1ccc(C[C@H](NC(=O)c2c(Cl)cc(C(=O)O)cc2Cl)C(=O)O)cc1. The minimum Gasteiger partial charge on any atom is -0.480 e. The molecule has 1 unspecified atom stereocenters. The van der Waals surface area contributed by atoms with Crippen molar-refractivity contribution >= 4 is 58.5 Å². The predicted molar refractivity (Wildman–Crippen MR) is 150 cm³/mol.